The molecule has 0 radical (unpaired) electrons. The minimum absolute atomic E-state index is 0.0729. The normalized spacial score (nSPS) is 10.8. The SMILES string of the molecule is CCN(CC)CCNC(=O)Cc1cc(Br)ccc1F. The molecular weight excluding hydrogens is 311 g/mol. The molecule has 106 valence electrons. The fraction of sp³-hybridized carbons (Fsp3) is 0.500. The van der Waals surface area contributed by atoms with Crippen LogP contribution in [0.2, 0.25) is 0 Å². The fourth-order valence-electron chi connectivity index (χ4n) is 1.81. The van der Waals surface area contributed by atoms with Gasteiger partial charge in [-0.25, -0.2) is 4.39 Å². The van der Waals surface area contributed by atoms with Crippen LogP contribution in [0.25, 0.3) is 0 Å². The van der Waals surface area contributed by atoms with E-state index in [2.05, 4.69) is 40.0 Å². The summed E-state index contributed by atoms with van der Waals surface area (Å²) in [4.78, 5) is 13.9. The van der Waals surface area contributed by atoms with Crippen molar-refractivity contribution in [2.75, 3.05) is 26.2 Å². The Labute approximate surface area is 122 Å². The zero-order valence-electron chi connectivity index (χ0n) is 11.4. The summed E-state index contributed by atoms with van der Waals surface area (Å²) in [6.45, 7) is 7.51. The van der Waals surface area contributed by atoms with Gasteiger partial charge in [0.05, 0.1) is 6.42 Å². The van der Waals surface area contributed by atoms with Crippen LogP contribution in [0.3, 0.4) is 0 Å². The highest BCUT2D eigenvalue weighted by Gasteiger charge is 2.08. The maximum absolute atomic E-state index is 13.5. The molecule has 5 heteroatoms. The zero-order chi connectivity index (χ0) is 14.3. The number of benzene rings is 1. The van der Waals surface area contributed by atoms with Gasteiger partial charge in [0.2, 0.25) is 5.91 Å². The van der Waals surface area contributed by atoms with Crippen LogP contribution in [0.1, 0.15) is 19.4 Å². The summed E-state index contributed by atoms with van der Waals surface area (Å²) < 4.78 is 14.3. The monoisotopic (exact) mass is 330 g/mol. The third-order valence-corrected chi connectivity index (χ3v) is 3.50. The first-order valence-corrected chi connectivity index (χ1v) is 7.29. The molecule has 0 aliphatic carbocycles. The lowest BCUT2D eigenvalue weighted by Gasteiger charge is -2.17. The smallest absolute Gasteiger partial charge is 0.224 e. The van der Waals surface area contributed by atoms with E-state index in [9.17, 15) is 9.18 Å². The van der Waals surface area contributed by atoms with Crippen LogP contribution in [-0.2, 0) is 11.2 Å². The van der Waals surface area contributed by atoms with E-state index in [4.69, 9.17) is 0 Å². The highest BCUT2D eigenvalue weighted by atomic mass is 79.9. The van der Waals surface area contributed by atoms with Gasteiger partial charge in [-0.2, -0.15) is 0 Å². The molecule has 0 fully saturated rings. The Hall–Kier alpha value is -0.940. The molecule has 0 aromatic heterocycles. The summed E-state index contributed by atoms with van der Waals surface area (Å²) >= 11 is 3.27. The molecule has 1 aromatic carbocycles. The van der Waals surface area contributed by atoms with Crippen LogP contribution < -0.4 is 5.32 Å². The predicted octanol–water partition coefficient (Wildman–Crippen LogP) is 2.59. The molecule has 0 bridgehead atoms. The van der Waals surface area contributed by atoms with Gasteiger partial charge in [-0.15, -0.1) is 0 Å². The van der Waals surface area contributed by atoms with Crippen LogP contribution in [0, 0.1) is 5.82 Å². The number of carbonyl (C=O) groups is 1. The Morgan fingerprint density at radius 1 is 1.37 bits per heavy atom. The quantitative estimate of drug-likeness (QED) is 0.833. The Kier molecular flexibility index (Phi) is 7.02. The summed E-state index contributed by atoms with van der Waals surface area (Å²) in [7, 11) is 0. The van der Waals surface area contributed by atoms with Gasteiger partial charge in [-0.1, -0.05) is 29.8 Å². The zero-order valence-corrected chi connectivity index (χ0v) is 13.0. The summed E-state index contributed by atoms with van der Waals surface area (Å²) in [5.41, 5.74) is 0.412. The average Bonchev–Trinajstić information content (AvgIpc) is 2.39. The molecule has 1 rings (SSSR count). The molecule has 0 unspecified atom stereocenters. The van der Waals surface area contributed by atoms with Gasteiger partial charge >= 0.3 is 0 Å². The summed E-state index contributed by atoms with van der Waals surface area (Å²) in [6, 6.07) is 4.62. The van der Waals surface area contributed by atoms with E-state index in [0.717, 1.165) is 24.1 Å². The minimum Gasteiger partial charge on any atom is -0.355 e. The molecule has 1 amide bonds. The van der Waals surface area contributed by atoms with Crippen LogP contribution in [0.4, 0.5) is 4.39 Å². The number of rotatable bonds is 7. The first-order chi connectivity index (χ1) is 9.06. The number of carbonyl (C=O) groups excluding carboxylic acids is 1. The number of hydrogen-bond acceptors (Lipinski definition) is 2. The minimum atomic E-state index is -0.345. The third kappa shape index (κ3) is 5.70. The van der Waals surface area contributed by atoms with Gasteiger partial charge in [0.25, 0.3) is 0 Å². The molecule has 1 N–H and O–H groups in total. The molecule has 3 nitrogen and oxygen atoms in total. The second-order valence-electron chi connectivity index (χ2n) is 4.29. The molecular formula is C14H20BrFN2O. The van der Waals surface area contributed by atoms with E-state index in [1.807, 2.05) is 0 Å². The van der Waals surface area contributed by atoms with E-state index >= 15 is 0 Å². The van der Waals surface area contributed by atoms with Crippen LogP contribution in [-0.4, -0.2) is 37.0 Å². The summed E-state index contributed by atoms with van der Waals surface area (Å²) in [5.74, 6) is -0.494. The molecule has 0 spiro atoms. The maximum atomic E-state index is 13.5. The second-order valence-corrected chi connectivity index (χ2v) is 5.21. The molecule has 0 aliphatic heterocycles. The Morgan fingerprint density at radius 2 is 2.05 bits per heavy atom. The largest absolute Gasteiger partial charge is 0.355 e. The van der Waals surface area contributed by atoms with Gasteiger partial charge in [0.15, 0.2) is 0 Å². The van der Waals surface area contributed by atoms with E-state index in [0.29, 0.717) is 12.1 Å². The fourth-order valence-corrected chi connectivity index (χ4v) is 2.22. The van der Waals surface area contributed by atoms with Crippen molar-refractivity contribution >= 4 is 21.8 Å². The van der Waals surface area contributed by atoms with E-state index < -0.39 is 0 Å². The molecule has 1 aromatic rings. The van der Waals surface area contributed by atoms with Gasteiger partial charge < -0.3 is 10.2 Å². The number of likely N-dealkylation sites (N-methyl/N-ethyl adjacent to an activating group) is 1. The summed E-state index contributed by atoms with van der Waals surface area (Å²) in [6.07, 6.45) is 0.0729. The van der Waals surface area contributed by atoms with Crippen molar-refractivity contribution in [3.8, 4) is 0 Å². The van der Waals surface area contributed by atoms with Crippen molar-refractivity contribution < 1.29 is 9.18 Å². The van der Waals surface area contributed by atoms with Crippen LogP contribution in [0.15, 0.2) is 22.7 Å². The van der Waals surface area contributed by atoms with E-state index in [-0.39, 0.29) is 18.1 Å². The van der Waals surface area contributed by atoms with E-state index in [1.165, 1.54) is 6.07 Å². The first-order valence-electron chi connectivity index (χ1n) is 6.49. The molecule has 0 saturated carbocycles. The topological polar surface area (TPSA) is 32.3 Å². The highest BCUT2D eigenvalue weighted by Crippen LogP contribution is 2.15. The number of halogens is 2. The molecule has 0 saturated heterocycles. The Bertz CT molecular complexity index is 422. The van der Waals surface area contributed by atoms with Crippen molar-refractivity contribution in [3.63, 3.8) is 0 Å². The van der Waals surface area contributed by atoms with Gasteiger partial charge in [-0.05, 0) is 36.9 Å². The van der Waals surface area contributed by atoms with Crippen molar-refractivity contribution in [1.82, 2.24) is 10.2 Å². The lowest BCUT2D eigenvalue weighted by atomic mass is 10.1. The van der Waals surface area contributed by atoms with E-state index in [1.54, 1.807) is 12.1 Å². The third-order valence-electron chi connectivity index (χ3n) is 3.00. The van der Waals surface area contributed by atoms with Crippen molar-refractivity contribution in [3.05, 3.63) is 34.1 Å². The first kappa shape index (κ1) is 16.1. The standard InChI is InChI=1S/C14H20BrFN2O/c1-3-18(4-2)8-7-17-14(19)10-11-9-12(15)5-6-13(11)16/h5-6,9H,3-4,7-8,10H2,1-2H3,(H,17,19). The van der Waals surface area contributed by atoms with Crippen LogP contribution in [0.5, 0.6) is 0 Å². The maximum Gasteiger partial charge on any atom is 0.224 e. The number of amides is 1. The molecule has 19 heavy (non-hydrogen) atoms. The number of nitrogens with one attached hydrogen (secondary N) is 1. The Morgan fingerprint density at radius 3 is 2.68 bits per heavy atom. The number of hydrogen-bond donors (Lipinski definition) is 1. The van der Waals surface area contributed by atoms with Crippen molar-refractivity contribution in [1.29, 1.82) is 0 Å². The molecule has 0 heterocycles. The molecule has 0 aliphatic rings. The molecule has 0 atom stereocenters. The van der Waals surface area contributed by atoms with Crippen LogP contribution >= 0.6 is 15.9 Å². The average molecular weight is 331 g/mol. The van der Waals surface area contributed by atoms with Gasteiger partial charge in [0, 0.05) is 17.6 Å². The lowest BCUT2D eigenvalue weighted by molar-refractivity contribution is -0.120. The van der Waals surface area contributed by atoms with Gasteiger partial charge in [-0.3, -0.25) is 4.79 Å². The number of nitrogens with zero attached hydrogens (tertiary/aromatic N) is 1. The second kappa shape index (κ2) is 8.27. The lowest BCUT2D eigenvalue weighted by Crippen LogP contribution is -2.35. The van der Waals surface area contributed by atoms with Crippen molar-refractivity contribution in [2.24, 2.45) is 0 Å². The Balaban J connectivity index is 2.41. The van der Waals surface area contributed by atoms with Gasteiger partial charge in [0.1, 0.15) is 5.82 Å². The summed E-state index contributed by atoms with van der Waals surface area (Å²) in [5, 5.41) is 2.81. The van der Waals surface area contributed by atoms with Crippen molar-refractivity contribution in [2.45, 2.75) is 20.3 Å². The predicted molar refractivity (Wildman–Crippen MR) is 78.6 cm³/mol. The highest BCUT2D eigenvalue weighted by molar-refractivity contribution is 9.10.